The van der Waals surface area contributed by atoms with Gasteiger partial charge in [-0.1, -0.05) is 0 Å². The number of thiophene rings is 1. The molecule has 6 heteroatoms. The molecule has 3 N–H and O–H groups in total. The van der Waals surface area contributed by atoms with E-state index in [1.54, 1.807) is 35.6 Å². The first-order valence-electron chi connectivity index (χ1n) is 5.92. The average molecular weight is 351 g/mol. The number of rotatable bonds is 3. The minimum atomic E-state index is -0.236. The van der Waals surface area contributed by atoms with Crippen molar-refractivity contribution in [2.75, 3.05) is 5.73 Å². The molecule has 0 aliphatic rings. The van der Waals surface area contributed by atoms with Gasteiger partial charge in [0.25, 0.3) is 5.91 Å². The highest BCUT2D eigenvalue weighted by Gasteiger charge is 2.13. The number of anilines is 1. The van der Waals surface area contributed by atoms with E-state index >= 15 is 0 Å². The van der Waals surface area contributed by atoms with Gasteiger partial charge in [0, 0.05) is 20.4 Å². The Kier molecular flexibility index (Phi) is 3.50. The van der Waals surface area contributed by atoms with Crippen LogP contribution in [0.3, 0.4) is 0 Å². The summed E-state index contributed by atoms with van der Waals surface area (Å²) in [5.41, 5.74) is 7.00. The minimum absolute atomic E-state index is 0.236. The second-order valence-corrected chi connectivity index (χ2v) is 6.14. The van der Waals surface area contributed by atoms with Crippen molar-refractivity contribution >= 4 is 49.8 Å². The molecule has 0 radical (unpaired) electrons. The minimum Gasteiger partial charge on any atom is -0.451 e. The van der Waals surface area contributed by atoms with Gasteiger partial charge in [-0.3, -0.25) is 4.79 Å². The SMILES string of the molecule is Nc1ccc2oc(C(=O)NCc3sccc3Br)cc2c1. The number of benzene rings is 1. The molecule has 4 nitrogen and oxygen atoms in total. The monoisotopic (exact) mass is 350 g/mol. The van der Waals surface area contributed by atoms with Crippen molar-refractivity contribution in [2.24, 2.45) is 0 Å². The Morgan fingerprint density at radius 2 is 2.20 bits per heavy atom. The predicted octanol–water partition coefficient (Wildman–Crippen LogP) is 3.77. The topological polar surface area (TPSA) is 68.3 Å². The smallest absolute Gasteiger partial charge is 0.287 e. The van der Waals surface area contributed by atoms with Crippen molar-refractivity contribution in [3.63, 3.8) is 0 Å². The van der Waals surface area contributed by atoms with Crippen molar-refractivity contribution in [3.8, 4) is 0 Å². The standard InChI is InChI=1S/C14H11BrN2O2S/c15-10-3-4-20-13(10)7-17-14(18)12-6-8-5-9(16)1-2-11(8)19-12/h1-6H,7,16H2,(H,17,18). The molecule has 0 atom stereocenters. The molecule has 3 rings (SSSR count). The van der Waals surface area contributed by atoms with E-state index in [1.807, 2.05) is 11.4 Å². The molecule has 0 unspecified atom stereocenters. The maximum absolute atomic E-state index is 12.1. The van der Waals surface area contributed by atoms with E-state index in [4.69, 9.17) is 10.2 Å². The summed E-state index contributed by atoms with van der Waals surface area (Å²) in [5, 5.41) is 5.63. The molecule has 0 aliphatic carbocycles. The third-order valence-electron chi connectivity index (χ3n) is 2.86. The van der Waals surface area contributed by atoms with Crippen LogP contribution in [-0.4, -0.2) is 5.91 Å². The molecular formula is C14H11BrN2O2S. The molecule has 0 saturated heterocycles. The number of nitrogens with two attached hydrogens (primary N) is 1. The zero-order chi connectivity index (χ0) is 14.1. The normalized spacial score (nSPS) is 10.8. The molecule has 0 aliphatic heterocycles. The Labute approximate surface area is 127 Å². The first-order valence-corrected chi connectivity index (χ1v) is 7.60. The van der Waals surface area contributed by atoms with Gasteiger partial charge in [-0.25, -0.2) is 0 Å². The summed E-state index contributed by atoms with van der Waals surface area (Å²) in [4.78, 5) is 13.1. The van der Waals surface area contributed by atoms with Crippen LogP contribution in [0.4, 0.5) is 5.69 Å². The van der Waals surface area contributed by atoms with Crippen molar-refractivity contribution in [2.45, 2.75) is 6.54 Å². The number of carbonyl (C=O) groups excluding carboxylic acids is 1. The summed E-state index contributed by atoms with van der Waals surface area (Å²) in [5.74, 6) is 0.0540. The zero-order valence-corrected chi connectivity index (χ0v) is 12.8. The third-order valence-corrected chi connectivity index (χ3v) is 4.79. The fourth-order valence-corrected chi connectivity index (χ4v) is 3.30. The number of hydrogen-bond donors (Lipinski definition) is 2. The molecule has 1 amide bonds. The lowest BCUT2D eigenvalue weighted by Gasteiger charge is -2.01. The molecule has 2 aromatic heterocycles. The van der Waals surface area contributed by atoms with E-state index in [0.717, 1.165) is 14.7 Å². The van der Waals surface area contributed by atoms with E-state index in [9.17, 15) is 4.79 Å². The second-order valence-electron chi connectivity index (χ2n) is 4.28. The highest BCUT2D eigenvalue weighted by molar-refractivity contribution is 9.10. The Hall–Kier alpha value is -1.79. The molecule has 3 aromatic rings. The van der Waals surface area contributed by atoms with E-state index in [2.05, 4.69) is 21.2 Å². The van der Waals surface area contributed by atoms with Gasteiger partial charge in [0.05, 0.1) is 6.54 Å². The molecule has 20 heavy (non-hydrogen) atoms. The predicted molar refractivity (Wildman–Crippen MR) is 83.8 cm³/mol. The van der Waals surface area contributed by atoms with Crippen molar-refractivity contribution in [1.82, 2.24) is 5.32 Å². The molecule has 1 aromatic carbocycles. The summed E-state index contributed by atoms with van der Waals surface area (Å²) in [7, 11) is 0. The van der Waals surface area contributed by atoms with E-state index in [-0.39, 0.29) is 5.91 Å². The van der Waals surface area contributed by atoms with Crippen LogP contribution in [0.1, 0.15) is 15.4 Å². The number of halogens is 1. The first-order chi connectivity index (χ1) is 9.63. The number of amides is 1. The Balaban J connectivity index is 1.77. The zero-order valence-electron chi connectivity index (χ0n) is 10.4. The van der Waals surface area contributed by atoms with Crippen LogP contribution < -0.4 is 11.1 Å². The number of nitrogens with one attached hydrogen (secondary N) is 1. The summed E-state index contributed by atoms with van der Waals surface area (Å²) in [6.07, 6.45) is 0. The third kappa shape index (κ3) is 2.57. The van der Waals surface area contributed by atoms with Gasteiger partial charge in [0.15, 0.2) is 5.76 Å². The van der Waals surface area contributed by atoms with Crippen LogP contribution in [-0.2, 0) is 6.54 Å². The number of hydrogen-bond acceptors (Lipinski definition) is 4. The molecule has 0 bridgehead atoms. The maximum Gasteiger partial charge on any atom is 0.287 e. The quantitative estimate of drug-likeness (QED) is 0.706. The lowest BCUT2D eigenvalue weighted by atomic mass is 10.2. The summed E-state index contributed by atoms with van der Waals surface area (Å²) in [6, 6.07) is 8.94. The van der Waals surface area contributed by atoms with E-state index < -0.39 is 0 Å². The van der Waals surface area contributed by atoms with E-state index in [0.29, 0.717) is 23.6 Å². The van der Waals surface area contributed by atoms with Crippen LogP contribution in [0.15, 0.2) is 44.6 Å². The molecule has 102 valence electrons. The summed E-state index contributed by atoms with van der Waals surface area (Å²) in [6.45, 7) is 0.469. The molecule has 2 heterocycles. The number of fused-ring (bicyclic) bond motifs is 1. The highest BCUT2D eigenvalue weighted by Crippen LogP contribution is 2.23. The van der Waals surface area contributed by atoms with Gasteiger partial charge in [0.1, 0.15) is 5.58 Å². The Morgan fingerprint density at radius 1 is 1.35 bits per heavy atom. The van der Waals surface area contributed by atoms with Crippen molar-refractivity contribution in [1.29, 1.82) is 0 Å². The average Bonchev–Trinajstić information content (AvgIpc) is 3.01. The highest BCUT2D eigenvalue weighted by atomic mass is 79.9. The van der Waals surface area contributed by atoms with Crippen LogP contribution in [0.25, 0.3) is 11.0 Å². The van der Waals surface area contributed by atoms with Crippen LogP contribution in [0.2, 0.25) is 0 Å². The summed E-state index contributed by atoms with van der Waals surface area (Å²) < 4.78 is 6.51. The van der Waals surface area contributed by atoms with Crippen molar-refractivity contribution in [3.05, 3.63) is 50.8 Å². The molecular weight excluding hydrogens is 340 g/mol. The van der Waals surface area contributed by atoms with Gasteiger partial charge in [-0.2, -0.15) is 0 Å². The van der Waals surface area contributed by atoms with Crippen molar-refractivity contribution < 1.29 is 9.21 Å². The van der Waals surface area contributed by atoms with Crippen LogP contribution in [0, 0.1) is 0 Å². The molecule has 0 spiro atoms. The first kappa shape index (κ1) is 13.2. The van der Waals surface area contributed by atoms with Gasteiger partial charge < -0.3 is 15.5 Å². The lowest BCUT2D eigenvalue weighted by molar-refractivity contribution is 0.0925. The number of carbonyl (C=O) groups is 1. The van der Waals surface area contributed by atoms with Gasteiger partial charge in [-0.05, 0) is 51.6 Å². The second kappa shape index (κ2) is 5.30. The Bertz CT molecular complexity index is 778. The molecule has 0 fully saturated rings. The Morgan fingerprint density at radius 3 is 2.95 bits per heavy atom. The van der Waals surface area contributed by atoms with E-state index in [1.165, 1.54) is 0 Å². The van der Waals surface area contributed by atoms with Crippen LogP contribution in [0.5, 0.6) is 0 Å². The number of nitrogen functional groups attached to an aromatic ring is 1. The maximum atomic E-state index is 12.1. The largest absolute Gasteiger partial charge is 0.451 e. The fraction of sp³-hybridized carbons (Fsp3) is 0.0714. The summed E-state index contributed by atoms with van der Waals surface area (Å²) >= 11 is 5.02. The van der Waals surface area contributed by atoms with Gasteiger partial charge >= 0.3 is 0 Å². The van der Waals surface area contributed by atoms with Gasteiger partial charge in [-0.15, -0.1) is 11.3 Å². The van der Waals surface area contributed by atoms with Crippen LogP contribution >= 0.6 is 27.3 Å². The molecule has 0 saturated carbocycles. The fourth-order valence-electron chi connectivity index (χ4n) is 1.87. The lowest BCUT2D eigenvalue weighted by Crippen LogP contribution is -2.21. The number of furan rings is 1. The van der Waals surface area contributed by atoms with Gasteiger partial charge in [0.2, 0.25) is 0 Å².